The van der Waals surface area contributed by atoms with E-state index in [1.165, 1.54) is 18.2 Å². The number of primary amides is 1. The van der Waals surface area contributed by atoms with Crippen LogP contribution in [0.4, 0.5) is 0 Å². The third-order valence-electron chi connectivity index (χ3n) is 10.3. The number of aromatic amines is 1. The number of fused-ring (bicyclic) bond motifs is 4. The van der Waals surface area contributed by atoms with Crippen LogP contribution in [0.15, 0.2) is 96.1 Å². The molecule has 17 heteroatoms. The fourth-order valence-corrected chi connectivity index (χ4v) is 7.10. The predicted octanol–water partition coefficient (Wildman–Crippen LogP) is 1.21. The first-order valence-electron chi connectivity index (χ1n) is 19.8. The minimum Gasteiger partial charge on any atom is -0.370 e. The van der Waals surface area contributed by atoms with Gasteiger partial charge in [0, 0.05) is 43.0 Å². The van der Waals surface area contributed by atoms with Gasteiger partial charge in [0.1, 0.15) is 35.6 Å². The second kappa shape index (κ2) is 19.9. The van der Waals surface area contributed by atoms with Crippen LogP contribution in [-0.2, 0) is 32.0 Å². The van der Waals surface area contributed by atoms with E-state index >= 15 is 0 Å². The summed E-state index contributed by atoms with van der Waals surface area (Å²) >= 11 is 0. The standard InChI is InChI=1S/C43H49N11O6/c44-37(55)31-13-5-6-19-47-38(56)32-14-7-15-33(50-32)39(57)53-35(22-25-17-18-26-9-1-2-10-27(26)21-25)41(59)52-34(16-8-20-48-43(45)46)40(58)54-36(42(60)51-31)23-28-24-49-30-12-4-3-11-29(28)30/h1-4,7,9-12,14-15,17-18,21,24,31,34-36,49H,5-6,8,13,16,19-20,22-23H2,(H2,44,55)(H,47,56)(H,51,60)(H,52,59)(H,53,57)(H,54,58)(H4,45,46,48)/t31-,34-,35+,36-/m0/s1. The number of carbonyl (C=O) groups excluding carboxylic acids is 6. The molecule has 0 saturated heterocycles. The van der Waals surface area contributed by atoms with Crippen LogP contribution in [0, 0.1) is 0 Å². The molecule has 60 heavy (non-hydrogen) atoms. The highest BCUT2D eigenvalue weighted by molar-refractivity contribution is 6.00. The van der Waals surface area contributed by atoms with Gasteiger partial charge in [-0.2, -0.15) is 0 Å². The van der Waals surface area contributed by atoms with Gasteiger partial charge in [-0.15, -0.1) is 0 Å². The van der Waals surface area contributed by atoms with Crippen molar-refractivity contribution in [3.05, 3.63) is 114 Å². The molecule has 2 aromatic heterocycles. The molecule has 0 unspecified atom stereocenters. The van der Waals surface area contributed by atoms with Gasteiger partial charge < -0.3 is 48.8 Å². The summed E-state index contributed by atoms with van der Waals surface area (Å²) in [6.07, 6.45) is 3.03. The molecule has 3 aromatic carbocycles. The summed E-state index contributed by atoms with van der Waals surface area (Å²) in [6.45, 7) is 0.336. The van der Waals surface area contributed by atoms with Gasteiger partial charge in [-0.3, -0.25) is 33.8 Å². The maximum absolute atomic E-state index is 14.4. The molecule has 2 bridgehead atoms. The van der Waals surface area contributed by atoms with Crippen molar-refractivity contribution in [2.24, 2.45) is 22.2 Å². The average molecular weight is 816 g/mol. The van der Waals surface area contributed by atoms with Crippen molar-refractivity contribution in [2.45, 2.75) is 69.1 Å². The number of rotatable bonds is 9. The molecule has 12 N–H and O–H groups in total. The number of aromatic nitrogens is 2. The number of pyridine rings is 1. The maximum Gasteiger partial charge on any atom is 0.270 e. The van der Waals surface area contributed by atoms with E-state index in [2.05, 4.69) is 41.5 Å². The van der Waals surface area contributed by atoms with E-state index < -0.39 is 59.6 Å². The molecule has 6 rings (SSSR count). The molecule has 5 aromatic rings. The highest BCUT2D eigenvalue weighted by Crippen LogP contribution is 2.20. The normalized spacial score (nSPS) is 19.8. The van der Waals surface area contributed by atoms with Crippen molar-refractivity contribution in [3.63, 3.8) is 0 Å². The number of aliphatic imine (C=N–C) groups is 1. The molecule has 1 aliphatic rings. The Morgan fingerprint density at radius 1 is 0.700 bits per heavy atom. The molecule has 1 aliphatic heterocycles. The molecule has 17 nitrogen and oxygen atoms in total. The number of hydrogen-bond donors (Lipinski definition) is 9. The quantitative estimate of drug-likeness (QED) is 0.0587. The van der Waals surface area contributed by atoms with Gasteiger partial charge in [-0.25, -0.2) is 4.98 Å². The highest BCUT2D eigenvalue weighted by Gasteiger charge is 2.32. The highest BCUT2D eigenvalue weighted by atomic mass is 16.2. The van der Waals surface area contributed by atoms with Gasteiger partial charge in [0.25, 0.3) is 11.8 Å². The summed E-state index contributed by atoms with van der Waals surface area (Å²) in [6, 6.07) is 20.4. The molecule has 4 atom stereocenters. The molecule has 0 radical (unpaired) electrons. The molecule has 312 valence electrons. The van der Waals surface area contributed by atoms with Crippen LogP contribution in [0.5, 0.6) is 0 Å². The van der Waals surface area contributed by atoms with Crippen molar-refractivity contribution in [1.82, 2.24) is 36.6 Å². The van der Waals surface area contributed by atoms with Gasteiger partial charge in [0.2, 0.25) is 23.6 Å². The maximum atomic E-state index is 14.4. The number of H-pyrrole nitrogens is 1. The van der Waals surface area contributed by atoms with Gasteiger partial charge in [0.15, 0.2) is 5.96 Å². The second-order valence-corrected chi connectivity index (χ2v) is 14.7. The van der Waals surface area contributed by atoms with Crippen LogP contribution in [-0.4, -0.2) is 88.6 Å². The average Bonchev–Trinajstić information content (AvgIpc) is 3.65. The van der Waals surface area contributed by atoms with E-state index in [-0.39, 0.29) is 62.5 Å². The summed E-state index contributed by atoms with van der Waals surface area (Å²) in [4.78, 5) is 93.8. The Bertz CT molecular complexity index is 2410. The lowest BCUT2D eigenvalue weighted by Gasteiger charge is -2.26. The van der Waals surface area contributed by atoms with Gasteiger partial charge in [0.05, 0.1) is 0 Å². The Labute approximate surface area is 345 Å². The van der Waals surface area contributed by atoms with Crippen LogP contribution in [0.3, 0.4) is 0 Å². The lowest BCUT2D eigenvalue weighted by atomic mass is 10.00. The van der Waals surface area contributed by atoms with Crippen molar-refractivity contribution in [1.29, 1.82) is 0 Å². The van der Waals surface area contributed by atoms with Crippen LogP contribution in [0.25, 0.3) is 21.7 Å². The molecule has 6 amide bonds. The van der Waals surface area contributed by atoms with E-state index in [9.17, 15) is 28.8 Å². The Balaban J connectivity index is 1.36. The van der Waals surface area contributed by atoms with Crippen LogP contribution < -0.4 is 43.8 Å². The van der Waals surface area contributed by atoms with E-state index in [1.54, 1.807) is 6.20 Å². The summed E-state index contributed by atoms with van der Waals surface area (Å²) in [7, 11) is 0. The monoisotopic (exact) mass is 815 g/mol. The minimum absolute atomic E-state index is 0.0138. The Morgan fingerprint density at radius 2 is 1.38 bits per heavy atom. The van der Waals surface area contributed by atoms with Gasteiger partial charge in [-0.05, 0) is 72.2 Å². The fraction of sp³-hybridized carbons (Fsp3) is 0.302. The Morgan fingerprint density at radius 3 is 2.17 bits per heavy atom. The zero-order chi connectivity index (χ0) is 42.6. The first-order chi connectivity index (χ1) is 28.9. The van der Waals surface area contributed by atoms with E-state index in [0.29, 0.717) is 24.0 Å². The number of nitrogens with zero attached hydrogens (tertiary/aromatic N) is 2. The van der Waals surface area contributed by atoms with E-state index in [4.69, 9.17) is 17.2 Å². The van der Waals surface area contributed by atoms with Crippen LogP contribution in [0.2, 0.25) is 0 Å². The SMILES string of the molecule is NC(=O)[C@@H]1CCCCNC(=O)c2cccc(n2)C(=O)N[C@H](Cc2ccc3ccccc3c2)C(=O)N[C@@H](CCCN=C(N)N)C(=O)N[C@@H](Cc2c[nH]c3ccccc23)C(=O)N1. The molecule has 0 aliphatic carbocycles. The van der Waals surface area contributed by atoms with Crippen molar-refractivity contribution in [3.8, 4) is 0 Å². The lowest BCUT2D eigenvalue weighted by molar-refractivity contribution is -0.133. The summed E-state index contributed by atoms with van der Waals surface area (Å²) in [5, 5.41) is 16.6. The van der Waals surface area contributed by atoms with Gasteiger partial charge >= 0.3 is 0 Å². The van der Waals surface area contributed by atoms with E-state index in [1.807, 2.05) is 66.7 Å². The number of benzene rings is 3. The summed E-state index contributed by atoms with van der Waals surface area (Å²) in [5.41, 5.74) is 18.9. The minimum atomic E-state index is -1.24. The first kappa shape index (κ1) is 42.3. The van der Waals surface area contributed by atoms with Crippen LogP contribution >= 0.6 is 0 Å². The smallest absolute Gasteiger partial charge is 0.270 e. The number of guanidine groups is 1. The number of nitrogens with two attached hydrogens (primary N) is 3. The van der Waals surface area contributed by atoms with Crippen molar-refractivity contribution < 1.29 is 28.8 Å². The van der Waals surface area contributed by atoms with Crippen molar-refractivity contribution >= 4 is 63.1 Å². The number of hydrogen-bond acceptors (Lipinski definition) is 8. The molecule has 0 spiro atoms. The Hall–Kier alpha value is -7.30. The molecule has 0 fully saturated rings. The first-order valence-corrected chi connectivity index (χ1v) is 19.8. The van der Waals surface area contributed by atoms with Crippen molar-refractivity contribution in [2.75, 3.05) is 13.1 Å². The number of nitrogens with one attached hydrogen (secondary N) is 6. The van der Waals surface area contributed by atoms with E-state index in [0.717, 1.165) is 21.7 Å². The molecular formula is C43H49N11O6. The molecular weight excluding hydrogens is 767 g/mol. The number of para-hydroxylation sites is 1. The van der Waals surface area contributed by atoms with Crippen LogP contribution in [0.1, 0.15) is 64.2 Å². The second-order valence-electron chi connectivity index (χ2n) is 14.7. The topological polar surface area (TPSA) is 282 Å². The zero-order valence-electron chi connectivity index (χ0n) is 32.9. The molecule has 3 heterocycles. The zero-order valence-corrected chi connectivity index (χ0v) is 32.9. The Kier molecular flexibility index (Phi) is 14.0. The molecule has 0 saturated carbocycles. The third kappa shape index (κ3) is 11.2. The number of amides is 6. The number of carbonyl (C=O) groups is 6. The predicted molar refractivity (Wildman–Crippen MR) is 226 cm³/mol. The van der Waals surface area contributed by atoms with Gasteiger partial charge in [-0.1, -0.05) is 66.7 Å². The fourth-order valence-electron chi connectivity index (χ4n) is 7.10. The summed E-state index contributed by atoms with van der Waals surface area (Å²) in [5.74, 6) is -4.26. The summed E-state index contributed by atoms with van der Waals surface area (Å²) < 4.78 is 0. The third-order valence-corrected chi connectivity index (χ3v) is 10.3. The lowest BCUT2D eigenvalue weighted by Crippen LogP contribution is -2.58. The largest absolute Gasteiger partial charge is 0.370 e.